The Balaban J connectivity index is 0. The van der Waals surface area contributed by atoms with Crippen LogP contribution < -0.4 is 0 Å². The van der Waals surface area contributed by atoms with Crippen molar-refractivity contribution in [3.8, 4) is 0 Å². The summed E-state index contributed by atoms with van der Waals surface area (Å²) in [6.07, 6.45) is 0. The van der Waals surface area contributed by atoms with Gasteiger partial charge in [0.1, 0.15) is 0 Å². The van der Waals surface area contributed by atoms with Crippen molar-refractivity contribution in [3.05, 3.63) is 0 Å². The topological polar surface area (TPSA) is 0 Å². The molecule has 0 atom stereocenters. The molecular formula is H2Ag3Sn. The Bertz CT molecular complexity index is 3.25. The average Bonchev–Trinajstić information content (AvgIpc) is 0. The predicted molar refractivity (Wildman–Crippen MR) is 8.54 cm³/mol. The fourth-order valence-corrected chi connectivity index (χ4v) is 0. The van der Waals surface area contributed by atoms with Crippen molar-refractivity contribution in [2.45, 2.75) is 0 Å². The van der Waals surface area contributed by atoms with Crippen molar-refractivity contribution >= 4 is 23.9 Å². The third kappa shape index (κ3) is 8.89. The molecule has 0 amide bonds. The van der Waals surface area contributed by atoms with E-state index in [2.05, 4.69) is 0 Å². The molecule has 0 fully saturated rings. The summed E-state index contributed by atoms with van der Waals surface area (Å²) >= 11 is 0. The van der Waals surface area contributed by atoms with E-state index in [9.17, 15) is 0 Å². The van der Waals surface area contributed by atoms with Crippen LogP contribution in [0.15, 0.2) is 0 Å². The van der Waals surface area contributed by atoms with Crippen LogP contribution in [0.1, 0.15) is 0 Å². The van der Waals surface area contributed by atoms with Gasteiger partial charge >= 0.3 is 23.9 Å². The molecule has 0 aromatic carbocycles. The van der Waals surface area contributed by atoms with Gasteiger partial charge in [-0.05, 0) is 0 Å². The Hall–Kier alpha value is 3.02. The number of rotatable bonds is 0. The molecule has 4 heteroatoms. The van der Waals surface area contributed by atoms with Gasteiger partial charge in [-0.25, -0.2) is 0 Å². The van der Waals surface area contributed by atoms with E-state index in [0.717, 1.165) is 0 Å². The monoisotopic (exact) mass is 443 g/mol. The normalized spacial score (nSPS) is 0. The van der Waals surface area contributed by atoms with Crippen LogP contribution in [0.25, 0.3) is 0 Å². The second-order valence-corrected chi connectivity index (χ2v) is 0. The summed E-state index contributed by atoms with van der Waals surface area (Å²) in [6, 6.07) is 0. The van der Waals surface area contributed by atoms with Gasteiger partial charge in [0.05, 0.1) is 0 Å². The van der Waals surface area contributed by atoms with Crippen molar-refractivity contribution in [1.29, 1.82) is 0 Å². The Labute approximate surface area is 89.3 Å². The first-order chi connectivity index (χ1) is 0. The van der Waals surface area contributed by atoms with Gasteiger partial charge in [-0.1, -0.05) is 0 Å². The number of hydrogen-bond donors (Lipinski definition) is 0. The van der Waals surface area contributed by atoms with E-state index >= 15 is 0 Å². The van der Waals surface area contributed by atoms with Crippen molar-refractivity contribution in [2.24, 2.45) is 0 Å². The molecule has 0 saturated carbocycles. The maximum atomic E-state index is 0. The summed E-state index contributed by atoms with van der Waals surface area (Å²) < 4.78 is 0. The second-order valence-electron chi connectivity index (χ2n) is 0. The summed E-state index contributed by atoms with van der Waals surface area (Å²) in [5, 5.41) is 0. The van der Waals surface area contributed by atoms with Gasteiger partial charge in [-0.15, -0.1) is 0 Å². The average molecular weight is 444 g/mol. The van der Waals surface area contributed by atoms with Crippen molar-refractivity contribution < 1.29 is 67.1 Å². The molecule has 0 spiro atoms. The molecule has 0 aliphatic rings. The quantitative estimate of drug-likeness (QED) is 0.424. The molecule has 0 aliphatic heterocycles. The van der Waals surface area contributed by atoms with Gasteiger partial charge in [-0.3, -0.25) is 0 Å². The molecule has 0 unspecified atom stereocenters. The zero-order chi connectivity index (χ0) is 0. The van der Waals surface area contributed by atoms with Gasteiger partial charge in [0.2, 0.25) is 0 Å². The van der Waals surface area contributed by atoms with Crippen LogP contribution in [-0.2, 0) is 67.1 Å². The van der Waals surface area contributed by atoms with Crippen LogP contribution in [0.3, 0.4) is 0 Å². The summed E-state index contributed by atoms with van der Waals surface area (Å²) in [5.41, 5.74) is 0. The second kappa shape index (κ2) is 16.6. The van der Waals surface area contributed by atoms with E-state index in [1.165, 1.54) is 0 Å². The van der Waals surface area contributed by atoms with Crippen LogP contribution in [0.2, 0.25) is 0 Å². The summed E-state index contributed by atoms with van der Waals surface area (Å²) in [6.45, 7) is 0. The van der Waals surface area contributed by atoms with Crippen LogP contribution in [-0.4, -0.2) is 23.9 Å². The van der Waals surface area contributed by atoms with Gasteiger partial charge < -0.3 is 0 Å². The molecule has 0 aromatic heterocycles. The Morgan fingerprint density at radius 1 is 0.500 bits per heavy atom. The first-order valence-corrected chi connectivity index (χ1v) is 0. The van der Waals surface area contributed by atoms with E-state index in [0.29, 0.717) is 0 Å². The van der Waals surface area contributed by atoms with Gasteiger partial charge in [-0.2, -0.15) is 0 Å². The van der Waals surface area contributed by atoms with E-state index in [1.807, 2.05) is 0 Å². The van der Waals surface area contributed by atoms with E-state index < -0.39 is 0 Å². The fourth-order valence-electron chi connectivity index (χ4n) is 0. The van der Waals surface area contributed by atoms with Crippen LogP contribution in [0, 0.1) is 0 Å². The molecule has 0 N–H and O–H groups in total. The van der Waals surface area contributed by atoms with Crippen molar-refractivity contribution in [2.75, 3.05) is 0 Å². The first-order valence-electron chi connectivity index (χ1n) is 0. The molecule has 0 nitrogen and oxygen atoms in total. The zero-order valence-electron chi connectivity index (χ0n) is 1.61. The molecule has 5 radical (unpaired) electrons. The third-order valence-electron chi connectivity index (χ3n) is 0. The predicted octanol–water partition coefficient (Wildman–Crippen LogP) is -0.924. The SMILES string of the molecule is [Ag].[Ag].[Ag].[SnH2]. The standard InChI is InChI=1S/3Ag.Sn.2H. The molecular weight excluding hydrogens is 442 g/mol. The third-order valence-corrected chi connectivity index (χ3v) is 0. The van der Waals surface area contributed by atoms with Gasteiger partial charge in [0.25, 0.3) is 0 Å². The minimum atomic E-state index is 0. The maximum absolute atomic E-state index is 0. The van der Waals surface area contributed by atoms with E-state index in [4.69, 9.17) is 0 Å². The number of hydrogen-bond acceptors (Lipinski definition) is 0. The van der Waals surface area contributed by atoms with Crippen molar-refractivity contribution in [3.63, 3.8) is 0 Å². The molecule has 39 valence electrons. The van der Waals surface area contributed by atoms with Crippen LogP contribution in [0.5, 0.6) is 0 Å². The minimum absolute atomic E-state index is 0. The summed E-state index contributed by atoms with van der Waals surface area (Å²) in [4.78, 5) is 0. The molecule has 0 rings (SSSR count). The first kappa shape index (κ1) is 27.9. The van der Waals surface area contributed by atoms with E-state index in [-0.39, 0.29) is 91.0 Å². The summed E-state index contributed by atoms with van der Waals surface area (Å²) in [7, 11) is 0. The Kier molecular flexibility index (Phi) is 116. The Morgan fingerprint density at radius 3 is 0.500 bits per heavy atom. The summed E-state index contributed by atoms with van der Waals surface area (Å²) in [5.74, 6) is 0. The molecule has 0 bridgehead atoms. The van der Waals surface area contributed by atoms with Gasteiger partial charge in [0, 0.05) is 67.1 Å². The molecule has 4 heavy (non-hydrogen) atoms. The molecule has 0 heterocycles. The zero-order valence-corrected chi connectivity index (χ0v) is 10.1. The molecule has 0 saturated heterocycles. The van der Waals surface area contributed by atoms with E-state index in [1.54, 1.807) is 0 Å². The van der Waals surface area contributed by atoms with Gasteiger partial charge in [0.15, 0.2) is 0 Å². The van der Waals surface area contributed by atoms with Crippen LogP contribution in [0.4, 0.5) is 0 Å². The molecule has 0 aromatic rings. The van der Waals surface area contributed by atoms with Crippen LogP contribution >= 0.6 is 0 Å². The fraction of sp³-hybridized carbons (Fsp3) is 0. The molecule has 0 aliphatic carbocycles. The Morgan fingerprint density at radius 2 is 0.500 bits per heavy atom. The van der Waals surface area contributed by atoms with Crippen molar-refractivity contribution in [1.82, 2.24) is 0 Å².